The van der Waals surface area contributed by atoms with Gasteiger partial charge < -0.3 is 14.4 Å². The molecule has 2 aromatic carbocycles. The van der Waals surface area contributed by atoms with Crippen molar-refractivity contribution in [1.29, 1.82) is 0 Å². The van der Waals surface area contributed by atoms with E-state index in [0.717, 1.165) is 40.6 Å². The van der Waals surface area contributed by atoms with Gasteiger partial charge >= 0.3 is 5.63 Å². The molecule has 0 unspecified atom stereocenters. The predicted octanol–water partition coefficient (Wildman–Crippen LogP) is 3.79. The third-order valence-electron chi connectivity index (χ3n) is 6.06. The van der Waals surface area contributed by atoms with Crippen LogP contribution in [0.4, 0.5) is 11.4 Å². The fraction of sp³-hybridized carbons (Fsp3) is 0.280. The van der Waals surface area contributed by atoms with E-state index in [1.807, 2.05) is 30.3 Å². The van der Waals surface area contributed by atoms with Gasteiger partial charge in [-0.1, -0.05) is 0 Å². The van der Waals surface area contributed by atoms with Gasteiger partial charge in [-0.15, -0.1) is 12.6 Å². The molecule has 5 nitrogen and oxygen atoms in total. The zero-order chi connectivity index (χ0) is 22.3. The Morgan fingerprint density at radius 3 is 2.58 bits per heavy atom. The smallest absolute Gasteiger partial charge is 0.347 e. The number of fused-ring (bicyclic) bond motifs is 2. The summed E-state index contributed by atoms with van der Waals surface area (Å²) in [5, 5.41) is 11.3. The first-order valence-electron chi connectivity index (χ1n) is 10.5. The summed E-state index contributed by atoms with van der Waals surface area (Å²) in [6.07, 6.45) is 3.46. The first-order valence-corrected chi connectivity index (χ1v) is 10.9. The standard InChI is InChI=1S/C25H26N2O3S/c1-5-27(6-2)15-7-9-17-21(13-15)30-24(29)18(23(17)28)10-12-22-25(3,4)19-14-16(31)8-11-20(19)26-22/h7-14,28,31H,5-6H2,1-4H3/p+1. The number of benzene rings is 2. The second-order valence-electron chi connectivity index (χ2n) is 8.23. The number of rotatable bonds is 5. The summed E-state index contributed by atoms with van der Waals surface area (Å²) in [6.45, 7) is 10.0. The van der Waals surface area contributed by atoms with Crippen molar-refractivity contribution in [2.75, 3.05) is 18.0 Å². The lowest BCUT2D eigenvalue weighted by Crippen LogP contribution is -2.65. The average molecular weight is 436 g/mol. The number of nitrogens with one attached hydrogen (secondary N) is 1. The molecule has 0 aliphatic carbocycles. The summed E-state index contributed by atoms with van der Waals surface area (Å²) in [6, 6.07) is 11.5. The van der Waals surface area contributed by atoms with Gasteiger partial charge in [-0.3, -0.25) is 0 Å². The molecule has 160 valence electrons. The van der Waals surface area contributed by atoms with Crippen LogP contribution in [-0.2, 0) is 5.41 Å². The molecular formula is C25H27N2O3S+. The number of nitrogens with zero attached hydrogens (tertiary/aromatic N) is 1. The van der Waals surface area contributed by atoms with Gasteiger partial charge in [0.05, 0.1) is 10.8 Å². The zero-order valence-electron chi connectivity index (χ0n) is 18.2. The summed E-state index contributed by atoms with van der Waals surface area (Å²) < 4.78 is 5.56. The molecular weight excluding hydrogens is 408 g/mol. The molecule has 0 saturated heterocycles. The maximum absolute atomic E-state index is 12.7. The van der Waals surface area contributed by atoms with E-state index in [-0.39, 0.29) is 16.7 Å². The third-order valence-corrected chi connectivity index (χ3v) is 6.34. The van der Waals surface area contributed by atoms with E-state index in [9.17, 15) is 9.90 Å². The number of allylic oxidation sites excluding steroid dienone is 1. The second-order valence-corrected chi connectivity index (χ2v) is 8.75. The lowest BCUT2D eigenvalue weighted by atomic mass is 9.81. The monoisotopic (exact) mass is 435 g/mol. The molecule has 0 bridgehead atoms. The molecule has 1 aliphatic rings. The van der Waals surface area contributed by atoms with Crippen molar-refractivity contribution in [3.05, 3.63) is 64.0 Å². The molecule has 0 radical (unpaired) electrons. The summed E-state index contributed by atoms with van der Waals surface area (Å²) >= 11 is 4.45. The van der Waals surface area contributed by atoms with Crippen LogP contribution >= 0.6 is 12.6 Å². The molecule has 31 heavy (non-hydrogen) atoms. The molecule has 0 saturated carbocycles. The zero-order valence-corrected chi connectivity index (χ0v) is 19.1. The van der Waals surface area contributed by atoms with Crippen LogP contribution in [0.5, 0.6) is 5.75 Å². The Morgan fingerprint density at radius 2 is 1.87 bits per heavy atom. The number of anilines is 1. The van der Waals surface area contributed by atoms with E-state index >= 15 is 0 Å². The first kappa shape index (κ1) is 21.2. The fourth-order valence-corrected chi connectivity index (χ4v) is 4.35. The van der Waals surface area contributed by atoms with E-state index in [2.05, 4.69) is 50.2 Å². The van der Waals surface area contributed by atoms with Crippen LogP contribution in [0.15, 0.2) is 56.6 Å². The van der Waals surface area contributed by atoms with Crippen LogP contribution in [0.3, 0.4) is 0 Å². The Balaban J connectivity index is 1.73. The lowest BCUT2D eigenvalue weighted by Gasteiger charge is -2.21. The van der Waals surface area contributed by atoms with Crippen molar-refractivity contribution in [1.82, 2.24) is 0 Å². The molecule has 2 N–H and O–H groups in total. The number of thiol groups is 1. The summed E-state index contributed by atoms with van der Waals surface area (Å²) in [5.41, 5.74) is 3.71. The van der Waals surface area contributed by atoms with Crippen molar-refractivity contribution in [3.8, 4) is 5.75 Å². The first-order chi connectivity index (χ1) is 14.8. The predicted molar refractivity (Wildman–Crippen MR) is 129 cm³/mol. The van der Waals surface area contributed by atoms with Gasteiger partial charge in [-0.2, -0.15) is 0 Å². The molecule has 0 fully saturated rings. The molecule has 3 aromatic rings. The van der Waals surface area contributed by atoms with Crippen molar-refractivity contribution in [3.63, 3.8) is 0 Å². The van der Waals surface area contributed by atoms with Crippen LogP contribution in [0.2, 0.25) is 0 Å². The van der Waals surface area contributed by atoms with E-state index < -0.39 is 5.63 Å². The molecule has 6 heteroatoms. The molecule has 2 heterocycles. The Kier molecular flexibility index (Phi) is 5.43. The Morgan fingerprint density at radius 1 is 1.13 bits per heavy atom. The minimum Gasteiger partial charge on any atom is -0.506 e. The van der Waals surface area contributed by atoms with Crippen LogP contribution in [0.1, 0.15) is 38.8 Å². The van der Waals surface area contributed by atoms with Crippen LogP contribution in [0, 0.1) is 0 Å². The summed E-state index contributed by atoms with van der Waals surface area (Å²) in [5.74, 6) is -0.0693. The Bertz CT molecular complexity index is 1280. The third kappa shape index (κ3) is 3.65. The van der Waals surface area contributed by atoms with Crippen molar-refractivity contribution < 1.29 is 14.5 Å². The summed E-state index contributed by atoms with van der Waals surface area (Å²) in [4.78, 5) is 19.1. The van der Waals surface area contributed by atoms with E-state index in [0.29, 0.717) is 11.0 Å². The van der Waals surface area contributed by atoms with E-state index in [1.54, 1.807) is 18.2 Å². The number of aromatic hydroxyl groups is 1. The Hall–Kier alpha value is -2.99. The van der Waals surface area contributed by atoms with Gasteiger partial charge in [0.1, 0.15) is 16.9 Å². The van der Waals surface area contributed by atoms with Gasteiger partial charge in [0.25, 0.3) is 0 Å². The normalized spacial score (nSPS) is 14.8. The number of hydrogen-bond donors (Lipinski definition) is 3. The SMILES string of the molecule is CCN(CC)c1ccc2c(O)c(C=CC3=[NH+]c4ccc(S)cc4C3(C)C)c(=O)oc2c1. The van der Waals surface area contributed by atoms with Crippen LogP contribution < -0.4 is 15.5 Å². The second kappa shape index (κ2) is 7.93. The Labute approximate surface area is 187 Å². The van der Waals surface area contributed by atoms with E-state index in [1.165, 1.54) is 0 Å². The van der Waals surface area contributed by atoms with Crippen molar-refractivity contribution in [2.24, 2.45) is 0 Å². The van der Waals surface area contributed by atoms with Gasteiger partial charge in [-0.05, 0) is 58.0 Å². The van der Waals surface area contributed by atoms with E-state index in [4.69, 9.17) is 4.42 Å². The maximum atomic E-state index is 12.7. The minimum absolute atomic E-state index is 0.0693. The molecule has 1 aromatic heterocycles. The van der Waals surface area contributed by atoms with Gasteiger partial charge in [-0.25, -0.2) is 9.79 Å². The van der Waals surface area contributed by atoms with Crippen molar-refractivity contribution >= 4 is 46.8 Å². The van der Waals surface area contributed by atoms with Gasteiger partial charge in [0, 0.05) is 47.4 Å². The highest BCUT2D eigenvalue weighted by molar-refractivity contribution is 7.80. The summed E-state index contributed by atoms with van der Waals surface area (Å²) in [7, 11) is 0. The minimum atomic E-state index is -0.565. The highest BCUT2D eigenvalue weighted by Crippen LogP contribution is 2.34. The highest BCUT2D eigenvalue weighted by Gasteiger charge is 2.39. The maximum Gasteiger partial charge on any atom is 0.347 e. The van der Waals surface area contributed by atoms with Gasteiger partial charge in [0.2, 0.25) is 5.69 Å². The average Bonchev–Trinajstić information content (AvgIpc) is 2.98. The molecule has 0 amide bonds. The van der Waals surface area contributed by atoms with Gasteiger partial charge in [0.15, 0.2) is 5.71 Å². The molecule has 1 aliphatic heterocycles. The topological polar surface area (TPSA) is 67.7 Å². The largest absolute Gasteiger partial charge is 0.506 e. The number of hydrogen-bond acceptors (Lipinski definition) is 5. The molecule has 0 atom stereocenters. The molecule has 4 rings (SSSR count). The quantitative estimate of drug-likeness (QED) is 0.421. The fourth-order valence-electron chi connectivity index (χ4n) is 4.14. The van der Waals surface area contributed by atoms with Crippen molar-refractivity contribution in [2.45, 2.75) is 38.0 Å². The van der Waals surface area contributed by atoms with Crippen LogP contribution in [-0.4, -0.2) is 23.9 Å². The molecule has 0 spiro atoms. The van der Waals surface area contributed by atoms with Crippen LogP contribution in [0.25, 0.3) is 17.0 Å². The highest BCUT2D eigenvalue weighted by atomic mass is 32.1. The lowest BCUT2D eigenvalue weighted by molar-refractivity contribution is -0.349.